The highest BCUT2D eigenvalue weighted by atomic mass is 19.3. The van der Waals surface area contributed by atoms with Crippen LogP contribution in [0.3, 0.4) is 0 Å². The number of piperidine rings is 1. The summed E-state index contributed by atoms with van der Waals surface area (Å²) < 4.78 is 52.6. The number of halogens is 3. The van der Waals surface area contributed by atoms with E-state index in [9.17, 15) is 22.8 Å². The molecule has 3 rings (SSSR count). The molecule has 0 radical (unpaired) electrons. The highest BCUT2D eigenvalue weighted by Gasteiger charge is 2.42. The van der Waals surface area contributed by atoms with Gasteiger partial charge in [0.25, 0.3) is 5.92 Å². The van der Waals surface area contributed by atoms with Crippen LogP contribution in [0.4, 0.5) is 18.0 Å². The number of hydrogen-bond acceptors (Lipinski definition) is 5. The highest BCUT2D eigenvalue weighted by molar-refractivity contribution is 5.83. The summed E-state index contributed by atoms with van der Waals surface area (Å²) in [7, 11) is 0. The first-order chi connectivity index (χ1) is 17.0. The Morgan fingerprint density at radius 3 is 2.42 bits per heavy atom. The van der Waals surface area contributed by atoms with Gasteiger partial charge in [0.2, 0.25) is 5.91 Å². The van der Waals surface area contributed by atoms with Gasteiger partial charge in [0.1, 0.15) is 11.6 Å². The Morgan fingerprint density at radius 2 is 1.83 bits per heavy atom. The zero-order chi connectivity index (χ0) is 26.5. The molecule has 2 saturated heterocycles. The molecule has 2 unspecified atom stereocenters. The fourth-order valence-corrected chi connectivity index (χ4v) is 4.75. The molecule has 0 spiro atoms. The van der Waals surface area contributed by atoms with Crippen molar-refractivity contribution in [2.45, 2.75) is 76.9 Å². The van der Waals surface area contributed by atoms with E-state index in [1.54, 1.807) is 17.9 Å². The second-order valence-electron chi connectivity index (χ2n) is 10.2. The van der Waals surface area contributed by atoms with E-state index in [4.69, 9.17) is 15.2 Å². The number of amides is 2. The van der Waals surface area contributed by atoms with Crippen molar-refractivity contribution < 1.29 is 32.2 Å². The van der Waals surface area contributed by atoms with Gasteiger partial charge in [-0.25, -0.2) is 18.0 Å². The van der Waals surface area contributed by atoms with Crippen LogP contribution in [0.5, 0.6) is 5.75 Å². The van der Waals surface area contributed by atoms with Crippen molar-refractivity contribution in [3.63, 3.8) is 0 Å². The first-order valence-electron chi connectivity index (χ1n) is 12.8. The second kappa shape index (κ2) is 12.2. The van der Waals surface area contributed by atoms with Crippen molar-refractivity contribution in [2.24, 2.45) is 11.7 Å². The molecular weight excluding hydrogens is 475 g/mol. The van der Waals surface area contributed by atoms with Crippen LogP contribution in [0.15, 0.2) is 18.2 Å². The Bertz CT molecular complexity index is 906. The maximum Gasteiger partial charge on any atom is 0.410 e. The molecule has 2 atom stereocenters. The maximum atomic E-state index is 14.8. The number of rotatable bonds is 9. The van der Waals surface area contributed by atoms with Gasteiger partial charge in [-0.1, -0.05) is 13.0 Å². The molecule has 36 heavy (non-hydrogen) atoms. The first kappa shape index (κ1) is 28.1. The monoisotopic (exact) mass is 513 g/mol. The number of nitrogens with zero attached hydrogens (tertiary/aromatic N) is 2. The van der Waals surface area contributed by atoms with Gasteiger partial charge >= 0.3 is 6.09 Å². The number of likely N-dealkylation sites (tertiary alicyclic amines) is 2. The van der Waals surface area contributed by atoms with E-state index in [2.05, 4.69) is 0 Å². The lowest BCUT2D eigenvalue weighted by Crippen LogP contribution is -2.46. The molecule has 1 aromatic carbocycles. The van der Waals surface area contributed by atoms with Gasteiger partial charge in [-0.15, -0.1) is 0 Å². The molecule has 202 valence electrons. The zero-order valence-corrected chi connectivity index (χ0v) is 21.4. The van der Waals surface area contributed by atoms with Crippen LogP contribution in [0.25, 0.3) is 0 Å². The molecule has 2 aliphatic heterocycles. The summed E-state index contributed by atoms with van der Waals surface area (Å²) in [6.07, 6.45) is 2.84. The predicted octanol–water partition coefficient (Wildman–Crippen LogP) is 4.54. The smallest absolute Gasteiger partial charge is 0.410 e. The molecule has 0 aliphatic carbocycles. The quantitative estimate of drug-likeness (QED) is 0.490. The van der Waals surface area contributed by atoms with E-state index in [-0.39, 0.29) is 30.7 Å². The third kappa shape index (κ3) is 7.51. The maximum absolute atomic E-state index is 14.8. The number of nitrogens with two attached hydrogens (primary N) is 1. The predicted molar refractivity (Wildman–Crippen MR) is 130 cm³/mol. The number of carbonyl (C=O) groups excluding carboxylic acids is 2. The van der Waals surface area contributed by atoms with Gasteiger partial charge in [-0.05, 0) is 57.1 Å². The molecular formula is C26H38F3N3O4. The fourth-order valence-electron chi connectivity index (χ4n) is 4.75. The van der Waals surface area contributed by atoms with Crippen molar-refractivity contribution in [3.8, 4) is 5.75 Å². The van der Waals surface area contributed by atoms with Crippen LogP contribution < -0.4 is 10.5 Å². The molecule has 0 saturated carbocycles. The fraction of sp³-hybridized carbons (Fsp3) is 0.692. The minimum atomic E-state index is -2.90. The van der Waals surface area contributed by atoms with Crippen LogP contribution in [-0.4, -0.2) is 72.7 Å². The van der Waals surface area contributed by atoms with Crippen LogP contribution >= 0.6 is 0 Å². The standard InChI is InChI=1S/C26H38F3N3O4/c1-17(2)36-25(34)31-11-8-19(9-12-31)5-4-14-35-20-6-7-21(22(27)15-20)18(3)23(30)24(33)32-13-10-26(28,29)16-32/h6-7,15,17-19,23H,4-5,8-14,16,30H2,1-3H3. The summed E-state index contributed by atoms with van der Waals surface area (Å²) in [6, 6.07) is 3.33. The van der Waals surface area contributed by atoms with Gasteiger partial charge in [0.05, 0.1) is 25.3 Å². The molecule has 1 aromatic rings. The number of ether oxygens (including phenoxy) is 2. The molecule has 2 aliphatic rings. The minimum absolute atomic E-state index is 0.0503. The Hall–Kier alpha value is -2.49. The summed E-state index contributed by atoms with van der Waals surface area (Å²) in [5, 5.41) is 0. The average molecular weight is 514 g/mol. The van der Waals surface area contributed by atoms with Gasteiger partial charge in [0.15, 0.2) is 0 Å². The molecule has 0 bridgehead atoms. The van der Waals surface area contributed by atoms with Crippen molar-refractivity contribution in [1.29, 1.82) is 0 Å². The Balaban J connectivity index is 1.41. The average Bonchev–Trinajstić information content (AvgIpc) is 3.20. The Morgan fingerprint density at radius 1 is 1.14 bits per heavy atom. The van der Waals surface area contributed by atoms with E-state index < -0.39 is 36.2 Å². The van der Waals surface area contributed by atoms with Crippen LogP contribution in [0, 0.1) is 11.7 Å². The van der Waals surface area contributed by atoms with Crippen molar-refractivity contribution in [1.82, 2.24) is 9.80 Å². The van der Waals surface area contributed by atoms with Crippen LogP contribution in [0.2, 0.25) is 0 Å². The molecule has 2 N–H and O–H groups in total. The molecule has 2 amide bonds. The van der Waals surface area contributed by atoms with Gasteiger partial charge < -0.3 is 25.0 Å². The molecule has 0 aromatic heterocycles. The Labute approximate surface area is 211 Å². The number of carbonyl (C=O) groups is 2. The summed E-state index contributed by atoms with van der Waals surface area (Å²) >= 11 is 0. The van der Waals surface area contributed by atoms with E-state index in [1.165, 1.54) is 12.1 Å². The largest absolute Gasteiger partial charge is 0.493 e. The van der Waals surface area contributed by atoms with E-state index >= 15 is 0 Å². The third-order valence-corrected chi connectivity index (χ3v) is 7.00. The van der Waals surface area contributed by atoms with E-state index in [0.717, 1.165) is 30.6 Å². The number of hydrogen-bond donors (Lipinski definition) is 1. The third-order valence-electron chi connectivity index (χ3n) is 7.00. The van der Waals surface area contributed by atoms with Crippen LogP contribution in [-0.2, 0) is 9.53 Å². The molecule has 7 nitrogen and oxygen atoms in total. The lowest BCUT2D eigenvalue weighted by molar-refractivity contribution is -0.133. The highest BCUT2D eigenvalue weighted by Crippen LogP contribution is 2.30. The topological polar surface area (TPSA) is 85.1 Å². The molecule has 2 fully saturated rings. The van der Waals surface area contributed by atoms with Gasteiger partial charge in [0, 0.05) is 38.0 Å². The SMILES string of the molecule is CC(C)OC(=O)N1CCC(CCCOc2ccc(C(C)C(N)C(=O)N3CCC(F)(F)C3)c(F)c2)CC1. The Kier molecular flexibility index (Phi) is 9.49. The van der Waals surface area contributed by atoms with Crippen molar-refractivity contribution >= 4 is 12.0 Å². The number of alkyl halides is 2. The van der Waals surface area contributed by atoms with E-state index in [1.807, 2.05) is 13.8 Å². The molecule has 2 heterocycles. The first-order valence-corrected chi connectivity index (χ1v) is 12.8. The lowest BCUT2D eigenvalue weighted by Gasteiger charge is -2.31. The summed E-state index contributed by atoms with van der Waals surface area (Å²) in [5.74, 6) is -3.83. The van der Waals surface area contributed by atoms with Crippen molar-refractivity contribution in [3.05, 3.63) is 29.6 Å². The van der Waals surface area contributed by atoms with Crippen LogP contribution in [0.1, 0.15) is 64.4 Å². The normalized spacial score (nSPS) is 19.9. The summed E-state index contributed by atoms with van der Waals surface area (Å²) in [5.41, 5.74) is 6.27. The lowest BCUT2D eigenvalue weighted by atomic mass is 9.92. The molecule has 10 heteroatoms. The second-order valence-corrected chi connectivity index (χ2v) is 10.2. The zero-order valence-electron chi connectivity index (χ0n) is 21.4. The number of benzene rings is 1. The minimum Gasteiger partial charge on any atom is -0.493 e. The van der Waals surface area contributed by atoms with E-state index in [0.29, 0.717) is 31.4 Å². The van der Waals surface area contributed by atoms with Crippen molar-refractivity contribution in [2.75, 3.05) is 32.8 Å². The summed E-state index contributed by atoms with van der Waals surface area (Å²) in [4.78, 5) is 27.3. The van der Waals surface area contributed by atoms with Gasteiger partial charge in [-0.3, -0.25) is 4.79 Å². The summed E-state index contributed by atoms with van der Waals surface area (Å²) in [6.45, 7) is 6.40. The van der Waals surface area contributed by atoms with Gasteiger partial charge in [-0.2, -0.15) is 0 Å².